The van der Waals surface area contributed by atoms with E-state index in [0.29, 0.717) is 5.02 Å². The topological polar surface area (TPSA) is 49.3 Å². The molecule has 1 saturated carbocycles. The lowest BCUT2D eigenvalue weighted by Crippen LogP contribution is -2.38. The summed E-state index contributed by atoms with van der Waals surface area (Å²) in [5.74, 6) is -0.853. The second-order valence-corrected chi connectivity index (χ2v) is 6.23. The van der Waals surface area contributed by atoms with Crippen molar-refractivity contribution >= 4 is 33.5 Å². The lowest BCUT2D eigenvalue weighted by atomic mass is 9.94. The fourth-order valence-corrected chi connectivity index (χ4v) is 3.45. The molecule has 2 N–H and O–H groups in total. The zero-order valence-corrected chi connectivity index (χ0v) is 12.9. The Morgan fingerprint density at radius 3 is 2.63 bits per heavy atom. The molecule has 0 amide bonds. The van der Waals surface area contributed by atoms with Crippen LogP contribution in [0.5, 0.6) is 0 Å². The highest BCUT2D eigenvalue weighted by molar-refractivity contribution is 9.10. The van der Waals surface area contributed by atoms with Gasteiger partial charge in [-0.3, -0.25) is 10.1 Å². The number of hydrogen-bond acceptors (Lipinski definition) is 2. The van der Waals surface area contributed by atoms with Crippen molar-refractivity contribution in [3.8, 4) is 0 Å². The molecule has 19 heavy (non-hydrogen) atoms. The van der Waals surface area contributed by atoms with Crippen LogP contribution in [0.2, 0.25) is 5.02 Å². The van der Waals surface area contributed by atoms with Crippen molar-refractivity contribution in [1.29, 1.82) is 0 Å². The molecule has 2 rings (SSSR count). The molecule has 1 aromatic carbocycles. The summed E-state index contributed by atoms with van der Waals surface area (Å²) in [6, 6.07) is 4.82. The van der Waals surface area contributed by atoms with Crippen LogP contribution >= 0.6 is 27.5 Å². The van der Waals surface area contributed by atoms with Gasteiger partial charge in [0.15, 0.2) is 0 Å². The van der Waals surface area contributed by atoms with Gasteiger partial charge < -0.3 is 5.11 Å². The fourth-order valence-electron chi connectivity index (χ4n) is 2.53. The molecule has 1 atom stereocenters. The largest absolute Gasteiger partial charge is 0.480 e. The quantitative estimate of drug-likeness (QED) is 0.861. The Hall–Kier alpha value is -0.580. The third-order valence-electron chi connectivity index (χ3n) is 3.53. The standard InChI is InChI=1S/C14H17BrClNO2/c15-12-8-9(16)6-7-11(12)13(14(18)19)17-10-4-2-1-3-5-10/h6-8,10,13,17H,1-5H2,(H,18,19). The van der Waals surface area contributed by atoms with Crippen LogP contribution in [0.4, 0.5) is 0 Å². The van der Waals surface area contributed by atoms with Crippen molar-refractivity contribution in [1.82, 2.24) is 5.32 Å². The van der Waals surface area contributed by atoms with Gasteiger partial charge in [0.05, 0.1) is 0 Å². The molecule has 5 heteroatoms. The number of rotatable bonds is 4. The van der Waals surface area contributed by atoms with E-state index in [-0.39, 0.29) is 6.04 Å². The minimum absolute atomic E-state index is 0.289. The maximum absolute atomic E-state index is 11.5. The highest BCUT2D eigenvalue weighted by Crippen LogP contribution is 2.29. The maximum atomic E-state index is 11.5. The molecule has 1 aromatic rings. The Bertz CT molecular complexity index is 461. The van der Waals surface area contributed by atoms with Crippen LogP contribution in [0.15, 0.2) is 22.7 Å². The SMILES string of the molecule is O=C(O)C(NC1CCCCC1)c1ccc(Cl)cc1Br. The lowest BCUT2D eigenvalue weighted by Gasteiger charge is -2.27. The van der Waals surface area contributed by atoms with Gasteiger partial charge in [-0.15, -0.1) is 0 Å². The van der Waals surface area contributed by atoms with E-state index < -0.39 is 12.0 Å². The van der Waals surface area contributed by atoms with Gasteiger partial charge in [-0.2, -0.15) is 0 Å². The first-order chi connectivity index (χ1) is 9.08. The van der Waals surface area contributed by atoms with E-state index in [1.165, 1.54) is 19.3 Å². The lowest BCUT2D eigenvalue weighted by molar-refractivity contribution is -0.140. The number of benzene rings is 1. The molecule has 1 aliphatic rings. The number of aliphatic carboxylic acids is 1. The van der Waals surface area contributed by atoms with Crippen LogP contribution in [0, 0.1) is 0 Å². The molecular weight excluding hydrogens is 330 g/mol. The molecule has 0 aromatic heterocycles. The molecule has 0 spiro atoms. The highest BCUT2D eigenvalue weighted by Gasteiger charge is 2.26. The van der Waals surface area contributed by atoms with E-state index in [0.717, 1.165) is 22.9 Å². The zero-order valence-electron chi connectivity index (χ0n) is 10.5. The number of carboxylic acid groups (broad SMARTS) is 1. The van der Waals surface area contributed by atoms with Crippen molar-refractivity contribution in [3.63, 3.8) is 0 Å². The maximum Gasteiger partial charge on any atom is 0.325 e. The third kappa shape index (κ3) is 3.94. The van der Waals surface area contributed by atoms with Crippen molar-refractivity contribution in [2.24, 2.45) is 0 Å². The first kappa shape index (κ1) is 14.8. The number of nitrogens with one attached hydrogen (secondary N) is 1. The Morgan fingerprint density at radius 1 is 1.37 bits per heavy atom. The predicted molar refractivity (Wildman–Crippen MR) is 79.5 cm³/mol. The van der Waals surface area contributed by atoms with Crippen LogP contribution in [0.1, 0.15) is 43.7 Å². The van der Waals surface area contributed by atoms with E-state index >= 15 is 0 Å². The average Bonchev–Trinajstić information content (AvgIpc) is 2.38. The van der Waals surface area contributed by atoms with Gasteiger partial charge >= 0.3 is 5.97 Å². The molecular formula is C14H17BrClNO2. The van der Waals surface area contributed by atoms with Gasteiger partial charge in [0.25, 0.3) is 0 Å². The molecule has 0 saturated heterocycles. The molecule has 0 radical (unpaired) electrons. The van der Waals surface area contributed by atoms with Crippen molar-refractivity contribution in [2.75, 3.05) is 0 Å². The Kier molecular flexibility index (Phi) is 5.25. The van der Waals surface area contributed by atoms with E-state index in [1.807, 2.05) is 0 Å². The van der Waals surface area contributed by atoms with Crippen molar-refractivity contribution in [3.05, 3.63) is 33.3 Å². The summed E-state index contributed by atoms with van der Waals surface area (Å²) in [6.45, 7) is 0. The highest BCUT2D eigenvalue weighted by atomic mass is 79.9. The smallest absolute Gasteiger partial charge is 0.325 e. The number of carbonyl (C=O) groups is 1. The summed E-state index contributed by atoms with van der Waals surface area (Å²) in [5.41, 5.74) is 0.725. The van der Waals surface area contributed by atoms with Crippen molar-refractivity contribution < 1.29 is 9.90 Å². The molecule has 3 nitrogen and oxygen atoms in total. The van der Waals surface area contributed by atoms with Crippen LogP contribution in [-0.2, 0) is 4.79 Å². The first-order valence-corrected chi connectivity index (χ1v) is 7.69. The summed E-state index contributed by atoms with van der Waals surface area (Å²) in [4.78, 5) is 11.5. The molecule has 104 valence electrons. The Labute approximate surface area is 126 Å². The van der Waals surface area contributed by atoms with Gasteiger partial charge in [0.2, 0.25) is 0 Å². The van der Waals surface area contributed by atoms with Gasteiger partial charge in [0.1, 0.15) is 6.04 Å². The summed E-state index contributed by atoms with van der Waals surface area (Å²) < 4.78 is 0.732. The molecule has 0 aliphatic heterocycles. The summed E-state index contributed by atoms with van der Waals surface area (Å²) in [6.07, 6.45) is 5.70. The molecule has 0 heterocycles. The normalized spacial score (nSPS) is 18.2. The van der Waals surface area contributed by atoms with Crippen LogP contribution in [-0.4, -0.2) is 17.1 Å². The molecule has 1 aliphatic carbocycles. The van der Waals surface area contributed by atoms with E-state index in [4.69, 9.17) is 11.6 Å². The van der Waals surface area contributed by atoms with Crippen LogP contribution in [0.25, 0.3) is 0 Å². The van der Waals surface area contributed by atoms with E-state index in [9.17, 15) is 9.90 Å². The number of hydrogen-bond donors (Lipinski definition) is 2. The number of carboxylic acids is 1. The van der Waals surface area contributed by atoms with Crippen molar-refractivity contribution in [2.45, 2.75) is 44.2 Å². The van der Waals surface area contributed by atoms with E-state index in [1.54, 1.807) is 18.2 Å². The fraction of sp³-hybridized carbons (Fsp3) is 0.500. The average molecular weight is 347 g/mol. The summed E-state index contributed by atoms with van der Waals surface area (Å²) >= 11 is 9.29. The van der Waals surface area contributed by atoms with Crippen LogP contribution in [0.3, 0.4) is 0 Å². The monoisotopic (exact) mass is 345 g/mol. The second kappa shape index (κ2) is 6.73. The van der Waals surface area contributed by atoms with Gasteiger partial charge in [-0.25, -0.2) is 0 Å². The summed E-state index contributed by atoms with van der Waals surface area (Å²) in [7, 11) is 0. The van der Waals surface area contributed by atoms with Gasteiger partial charge in [-0.1, -0.05) is 52.9 Å². The summed E-state index contributed by atoms with van der Waals surface area (Å²) in [5, 5.41) is 13.3. The van der Waals surface area contributed by atoms with Gasteiger partial charge in [-0.05, 0) is 30.5 Å². The van der Waals surface area contributed by atoms with Gasteiger partial charge in [0, 0.05) is 15.5 Å². The zero-order chi connectivity index (χ0) is 13.8. The third-order valence-corrected chi connectivity index (χ3v) is 4.45. The molecule has 1 fully saturated rings. The Balaban J connectivity index is 2.17. The Morgan fingerprint density at radius 2 is 2.05 bits per heavy atom. The number of halogens is 2. The molecule has 1 unspecified atom stereocenters. The minimum Gasteiger partial charge on any atom is -0.480 e. The first-order valence-electron chi connectivity index (χ1n) is 6.51. The van der Waals surface area contributed by atoms with Crippen LogP contribution < -0.4 is 5.32 Å². The second-order valence-electron chi connectivity index (χ2n) is 4.94. The minimum atomic E-state index is -0.853. The molecule has 0 bridgehead atoms. The predicted octanol–water partition coefficient (Wildman–Crippen LogP) is 4.15. The van der Waals surface area contributed by atoms with E-state index in [2.05, 4.69) is 21.2 Å².